The summed E-state index contributed by atoms with van der Waals surface area (Å²) >= 11 is 0. The lowest BCUT2D eigenvalue weighted by Gasteiger charge is -2.53. The normalized spacial score (nSPS) is 21.6. The van der Waals surface area contributed by atoms with Crippen molar-refractivity contribution in [2.24, 2.45) is 0 Å². The SMILES string of the molecule is CCC1C(=O)N(C)CC(OC)Cn2c(C)nc3cc(F)cc(c32)-c2cccc(n2)NCN1c1nc(N2C3CCCC2C3)nc2c1cnn2-c1ccc(F)cc1F. The van der Waals surface area contributed by atoms with E-state index in [0.29, 0.717) is 69.7 Å². The third kappa shape index (κ3) is 6.06. The van der Waals surface area contributed by atoms with E-state index in [1.807, 2.05) is 41.5 Å². The number of aryl methyl sites for hydroxylation is 1. The lowest BCUT2D eigenvalue weighted by molar-refractivity contribution is -0.133. The van der Waals surface area contributed by atoms with E-state index in [0.717, 1.165) is 31.7 Å². The number of piperidine rings is 1. The number of amides is 1. The summed E-state index contributed by atoms with van der Waals surface area (Å²) in [7, 11) is 3.36. The average molecular weight is 766 g/mol. The zero-order chi connectivity index (χ0) is 38.8. The van der Waals surface area contributed by atoms with Gasteiger partial charge in [-0.2, -0.15) is 15.1 Å². The van der Waals surface area contributed by atoms with Crippen LogP contribution in [0.3, 0.4) is 0 Å². The fraction of sp³-hybridized carbons (Fsp3) is 0.400. The first kappa shape index (κ1) is 35.9. The molecule has 4 unspecified atom stereocenters. The number of benzene rings is 2. The third-order valence-electron chi connectivity index (χ3n) is 11.5. The van der Waals surface area contributed by atoms with Gasteiger partial charge in [-0.25, -0.2) is 27.8 Å². The number of anilines is 3. The Bertz CT molecular complexity index is 2470. The molecule has 0 aliphatic carbocycles. The molecule has 7 heterocycles. The molecule has 2 fully saturated rings. The van der Waals surface area contributed by atoms with Crippen LogP contribution in [0.15, 0.2) is 54.7 Å². The summed E-state index contributed by atoms with van der Waals surface area (Å²) in [5, 5.41) is 8.48. The second-order valence-corrected chi connectivity index (χ2v) is 14.9. The van der Waals surface area contributed by atoms with Gasteiger partial charge >= 0.3 is 0 Å². The summed E-state index contributed by atoms with van der Waals surface area (Å²) < 4.78 is 53.9. The molecule has 1 amide bonds. The first-order valence-corrected chi connectivity index (χ1v) is 19.0. The number of carbonyl (C=O) groups is 1. The van der Waals surface area contributed by atoms with Crippen LogP contribution in [-0.2, 0) is 16.1 Å². The van der Waals surface area contributed by atoms with Gasteiger partial charge in [0.15, 0.2) is 11.5 Å². The van der Waals surface area contributed by atoms with Crippen molar-refractivity contribution in [3.63, 3.8) is 0 Å². The van der Waals surface area contributed by atoms with Crippen molar-refractivity contribution in [2.45, 2.75) is 76.7 Å². The standard InChI is InChI=1S/C40H42F3N11O2/c1-5-33-39(55)50(3)19-27(56-4)20-51-22(2)46-32-16-24(42)14-28(36(32)51)31-10-7-11-35(47-31)44-21-52(33)37-29-18-45-54(34-13-12-23(41)15-30(34)43)38(29)49-40(48-37)53-25-8-6-9-26(53)17-25/h7,10-16,18,25-27,33H,5-6,8-9,17,19-21H2,1-4H3,(H,44,47). The molecule has 0 saturated carbocycles. The smallest absolute Gasteiger partial charge is 0.245 e. The predicted molar refractivity (Wildman–Crippen MR) is 206 cm³/mol. The van der Waals surface area contributed by atoms with Crippen molar-refractivity contribution in [3.05, 3.63) is 78.0 Å². The maximum atomic E-state index is 15.4. The number of ether oxygens (including phenoxy) is 1. The molecule has 290 valence electrons. The van der Waals surface area contributed by atoms with Crippen molar-refractivity contribution in [2.75, 3.05) is 42.5 Å². The van der Waals surface area contributed by atoms with Crippen LogP contribution in [0.1, 0.15) is 44.9 Å². The quantitative estimate of drug-likeness (QED) is 0.216. The van der Waals surface area contributed by atoms with Crippen molar-refractivity contribution < 1.29 is 22.7 Å². The van der Waals surface area contributed by atoms with Gasteiger partial charge in [-0.05, 0) is 69.4 Å². The number of hydrogen-bond donors (Lipinski definition) is 1. The third-order valence-corrected chi connectivity index (χ3v) is 11.5. The van der Waals surface area contributed by atoms with Crippen LogP contribution >= 0.6 is 0 Å². The number of halogens is 3. The van der Waals surface area contributed by atoms with Crippen molar-refractivity contribution in [3.8, 4) is 16.9 Å². The minimum atomic E-state index is -0.788. The predicted octanol–water partition coefficient (Wildman–Crippen LogP) is 6.23. The molecule has 3 aliphatic heterocycles. The molecule has 2 saturated heterocycles. The second kappa shape index (κ2) is 14.1. The van der Waals surface area contributed by atoms with Gasteiger partial charge in [0.25, 0.3) is 0 Å². The van der Waals surface area contributed by atoms with E-state index in [1.165, 1.54) is 28.9 Å². The van der Waals surface area contributed by atoms with Crippen molar-refractivity contribution in [1.82, 2.24) is 39.2 Å². The van der Waals surface area contributed by atoms with Crippen LogP contribution in [0.4, 0.5) is 30.8 Å². The Balaban J connectivity index is 1.21. The van der Waals surface area contributed by atoms with Gasteiger partial charge in [0, 0.05) is 50.5 Å². The molecule has 9 rings (SSSR count). The zero-order valence-corrected chi connectivity index (χ0v) is 31.6. The maximum Gasteiger partial charge on any atom is 0.245 e. The molecule has 0 radical (unpaired) electrons. The van der Waals surface area contributed by atoms with E-state index in [1.54, 1.807) is 25.3 Å². The van der Waals surface area contributed by atoms with Crippen LogP contribution in [0.2, 0.25) is 0 Å². The van der Waals surface area contributed by atoms with Gasteiger partial charge in [0.05, 0.1) is 47.6 Å². The molecule has 4 atom stereocenters. The van der Waals surface area contributed by atoms with E-state index in [4.69, 9.17) is 19.7 Å². The molecule has 0 spiro atoms. The first-order valence-electron chi connectivity index (χ1n) is 19.0. The highest BCUT2D eigenvalue weighted by atomic mass is 19.1. The summed E-state index contributed by atoms with van der Waals surface area (Å²) in [6.45, 7) is 4.48. The summed E-state index contributed by atoms with van der Waals surface area (Å²) in [6.07, 6.45) is 5.68. The number of hydrogen-bond acceptors (Lipinski definition) is 10. The minimum absolute atomic E-state index is 0.0350. The highest BCUT2D eigenvalue weighted by Gasteiger charge is 2.44. The Morgan fingerprint density at radius 3 is 2.54 bits per heavy atom. The number of rotatable bonds is 5. The number of pyridine rings is 1. The Morgan fingerprint density at radius 2 is 1.79 bits per heavy atom. The molecule has 56 heavy (non-hydrogen) atoms. The summed E-state index contributed by atoms with van der Waals surface area (Å²) in [6, 6.07) is 11.5. The highest BCUT2D eigenvalue weighted by molar-refractivity contribution is 5.94. The van der Waals surface area contributed by atoms with E-state index in [9.17, 15) is 9.18 Å². The van der Waals surface area contributed by atoms with E-state index in [-0.39, 0.29) is 36.9 Å². The summed E-state index contributed by atoms with van der Waals surface area (Å²) in [5.41, 5.74) is 2.68. The molecule has 16 heteroatoms. The Labute approximate surface area is 321 Å². The second-order valence-electron chi connectivity index (χ2n) is 14.9. The number of likely N-dealkylation sites (N-methyl/N-ethyl adjacent to an activating group) is 1. The largest absolute Gasteiger partial charge is 0.378 e. The summed E-state index contributed by atoms with van der Waals surface area (Å²) in [4.78, 5) is 40.3. The number of nitrogens with zero attached hydrogens (tertiary/aromatic N) is 10. The van der Waals surface area contributed by atoms with E-state index in [2.05, 4.69) is 20.3 Å². The van der Waals surface area contributed by atoms with Gasteiger partial charge < -0.3 is 29.3 Å². The van der Waals surface area contributed by atoms with Crippen LogP contribution in [0, 0.1) is 24.4 Å². The van der Waals surface area contributed by atoms with Crippen LogP contribution in [0.25, 0.3) is 39.0 Å². The molecule has 4 bridgehead atoms. The number of aromatic nitrogens is 7. The van der Waals surface area contributed by atoms with Gasteiger partial charge in [-0.1, -0.05) is 13.0 Å². The highest BCUT2D eigenvalue weighted by Crippen LogP contribution is 2.42. The first-order chi connectivity index (χ1) is 27.1. The van der Waals surface area contributed by atoms with Gasteiger partial charge in [0.2, 0.25) is 11.9 Å². The van der Waals surface area contributed by atoms with E-state index >= 15 is 8.78 Å². The molecule has 2 aromatic carbocycles. The summed E-state index contributed by atoms with van der Waals surface area (Å²) in [5.74, 6) is -0.0454. The maximum absolute atomic E-state index is 15.4. The van der Waals surface area contributed by atoms with Crippen LogP contribution in [0.5, 0.6) is 0 Å². The Morgan fingerprint density at radius 1 is 0.964 bits per heavy atom. The van der Waals surface area contributed by atoms with E-state index < -0.39 is 29.6 Å². The Kier molecular flexibility index (Phi) is 9.02. The molecule has 3 aliphatic rings. The minimum Gasteiger partial charge on any atom is -0.378 e. The number of nitrogens with one attached hydrogen (secondary N) is 1. The fourth-order valence-electron chi connectivity index (χ4n) is 8.72. The monoisotopic (exact) mass is 765 g/mol. The lowest BCUT2D eigenvalue weighted by atomic mass is 9.80. The zero-order valence-electron chi connectivity index (χ0n) is 31.6. The molecule has 6 aromatic rings. The Hall–Kier alpha value is -5.77. The van der Waals surface area contributed by atoms with Gasteiger partial charge in [-0.15, -0.1) is 0 Å². The van der Waals surface area contributed by atoms with Crippen molar-refractivity contribution >= 4 is 45.6 Å². The number of carbonyl (C=O) groups excluding carboxylic acids is 1. The van der Waals surface area contributed by atoms with Gasteiger partial charge in [0.1, 0.15) is 40.8 Å². The number of methoxy groups -OCH3 is 1. The molecule has 4 aromatic heterocycles. The van der Waals surface area contributed by atoms with Crippen molar-refractivity contribution in [1.29, 1.82) is 0 Å². The topological polar surface area (TPSA) is 122 Å². The van der Waals surface area contributed by atoms with Crippen LogP contribution in [-0.4, -0.2) is 96.7 Å². The fourth-order valence-corrected chi connectivity index (χ4v) is 8.72. The number of fused-ring (bicyclic) bond motifs is 6. The molecular weight excluding hydrogens is 724 g/mol. The molecule has 1 N–H and O–H groups in total. The average Bonchev–Trinajstić information content (AvgIpc) is 3.75. The molecule has 13 nitrogen and oxygen atoms in total. The lowest BCUT2D eigenvalue weighted by Crippen LogP contribution is -2.59. The van der Waals surface area contributed by atoms with Crippen LogP contribution < -0.4 is 15.1 Å². The molecular formula is C40H42F3N11O2. The van der Waals surface area contributed by atoms with Gasteiger partial charge in [-0.3, -0.25) is 4.79 Å². The number of imidazole rings is 1.